The van der Waals surface area contributed by atoms with Crippen molar-refractivity contribution in [2.75, 3.05) is 19.9 Å². The van der Waals surface area contributed by atoms with Crippen molar-refractivity contribution in [3.05, 3.63) is 39.3 Å². The molecular weight excluding hydrogens is 475 g/mol. The maximum absolute atomic E-state index is 5.42. The standard InChI is InChI=1S/C19H26N4O2S.HI/c1-4-15-13(3)26-18(23-15)8-9-21-19(20-5-2)22-11-14-6-7-16-17(10-14)25-12-24-16;/h6-7,10H,4-5,8-9,11-12H2,1-3H3,(H2,20,21,22);1H. The molecule has 0 amide bonds. The number of nitrogens with one attached hydrogen (secondary N) is 2. The average molecular weight is 502 g/mol. The van der Waals surface area contributed by atoms with Gasteiger partial charge in [-0.1, -0.05) is 13.0 Å². The SMILES string of the molecule is CCNC(=NCc1ccc2c(c1)OCO2)NCCc1nc(CC)c(C)s1.I. The highest BCUT2D eigenvalue weighted by Gasteiger charge is 2.13. The minimum Gasteiger partial charge on any atom is -0.454 e. The Morgan fingerprint density at radius 1 is 1.22 bits per heavy atom. The summed E-state index contributed by atoms with van der Waals surface area (Å²) in [5.74, 6) is 2.41. The number of rotatable bonds is 7. The lowest BCUT2D eigenvalue weighted by atomic mass is 10.2. The van der Waals surface area contributed by atoms with Gasteiger partial charge in [-0.15, -0.1) is 35.3 Å². The van der Waals surface area contributed by atoms with Gasteiger partial charge in [-0.25, -0.2) is 9.98 Å². The van der Waals surface area contributed by atoms with Crippen LogP contribution < -0.4 is 20.1 Å². The van der Waals surface area contributed by atoms with Gasteiger partial charge in [0.05, 0.1) is 17.2 Å². The second kappa shape index (κ2) is 10.7. The zero-order valence-electron chi connectivity index (χ0n) is 16.0. The first-order valence-electron chi connectivity index (χ1n) is 9.05. The van der Waals surface area contributed by atoms with E-state index in [9.17, 15) is 0 Å². The van der Waals surface area contributed by atoms with Gasteiger partial charge < -0.3 is 20.1 Å². The van der Waals surface area contributed by atoms with E-state index in [1.165, 1.54) is 15.6 Å². The Labute approximate surface area is 181 Å². The second-order valence-electron chi connectivity index (χ2n) is 6.02. The lowest BCUT2D eigenvalue weighted by Crippen LogP contribution is -2.38. The molecule has 1 aliphatic heterocycles. The molecule has 3 rings (SSSR count). The number of hydrogen-bond acceptors (Lipinski definition) is 5. The Kier molecular flexibility index (Phi) is 8.62. The maximum atomic E-state index is 5.42. The number of guanidine groups is 1. The van der Waals surface area contributed by atoms with Crippen molar-refractivity contribution < 1.29 is 9.47 Å². The summed E-state index contributed by atoms with van der Waals surface area (Å²) in [5.41, 5.74) is 2.31. The normalized spacial score (nSPS) is 12.6. The minimum absolute atomic E-state index is 0. The molecule has 0 saturated carbocycles. The summed E-state index contributed by atoms with van der Waals surface area (Å²) >= 11 is 1.79. The van der Waals surface area contributed by atoms with E-state index >= 15 is 0 Å². The zero-order chi connectivity index (χ0) is 18.4. The largest absolute Gasteiger partial charge is 0.454 e. The molecule has 2 N–H and O–H groups in total. The van der Waals surface area contributed by atoms with Crippen LogP contribution in [0.25, 0.3) is 0 Å². The van der Waals surface area contributed by atoms with Crippen LogP contribution in [-0.2, 0) is 19.4 Å². The summed E-state index contributed by atoms with van der Waals surface area (Å²) in [7, 11) is 0. The van der Waals surface area contributed by atoms with Gasteiger partial charge in [0.1, 0.15) is 0 Å². The van der Waals surface area contributed by atoms with Crippen LogP contribution in [0.1, 0.15) is 35.0 Å². The fraction of sp³-hybridized carbons (Fsp3) is 0.474. The van der Waals surface area contributed by atoms with Gasteiger partial charge >= 0.3 is 0 Å². The number of fused-ring (bicyclic) bond motifs is 1. The molecule has 6 nitrogen and oxygen atoms in total. The number of aryl methyl sites for hydroxylation is 2. The third kappa shape index (κ3) is 5.97. The summed E-state index contributed by atoms with van der Waals surface area (Å²) in [6.07, 6.45) is 1.90. The van der Waals surface area contributed by atoms with Crippen LogP contribution >= 0.6 is 35.3 Å². The molecule has 1 aromatic heterocycles. The Morgan fingerprint density at radius 2 is 2.04 bits per heavy atom. The Balaban J connectivity index is 0.00000261. The van der Waals surface area contributed by atoms with E-state index < -0.39 is 0 Å². The van der Waals surface area contributed by atoms with Crippen molar-refractivity contribution in [2.24, 2.45) is 4.99 Å². The first kappa shape index (κ1) is 21.7. The van der Waals surface area contributed by atoms with Crippen LogP contribution in [-0.4, -0.2) is 30.8 Å². The Morgan fingerprint density at radius 3 is 2.78 bits per heavy atom. The van der Waals surface area contributed by atoms with Crippen LogP contribution in [0, 0.1) is 6.92 Å². The van der Waals surface area contributed by atoms with E-state index in [4.69, 9.17) is 14.5 Å². The molecular formula is C19H27IN4O2S. The number of halogens is 1. The van der Waals surface area contributed by atoms with Crippen LogP contribution in [0.15, 0.2) is 23.2 Å². The molecule has 0 fully saturated rings. The summed E-state index contributed by atoms with van der Waals surface area (Å²) < 4.78 is 10.8. The van der Waals surface area contributed by atoms with E-state index in [1.807, 2.05) is 18.2 Å². The van der Waals surface area contributed by atoms with Gasteiger partial charge in [0.2, 0.25) is 6.79 Å². The van der Waals surface area contributed by atoms with Gasteiger partial charge in [0.25, 0.3) is 0 Å². The molecule has 2 aromatic rings. The number of hydrogen-bond donors (Lipinski definition) is 2. The number of thiazole rings is 1. The molecule has 0 radical (unpaired) electrons. The maximum Gasteiger partial charge on any atom is 0.231 e. The average Bonchev–Trinajstić information content (AvgIpc) is 3.25. The van der Waals surface area contributed by atoms with E-state index in [1.54, 1.807) is 11.3 Å². The van der Waals surface area contributed by atoms with Crippen molar-refractivity contribution in [1.29, 1.82) is 0 Å². The summed E-state index contributed by atoms with van der Waals surface area (Å²) in [6, 6.07) is 5.94. The Bertz CT molecular complexity index is 779. The van der Waals surface area contributed by atoms with Crippen LogP contribution in [0.5, 0.6) is 11.5 Å². The van der Waals surface area contributed by atoms with E-state index in [2.05, 4.69) is 36.4 Å². The molecule has 2 heterocycles. The van der Waals surface area contributed by atoms with Crippen LogP contribution in [0.3, 0.4) is 0 Å². The molecule has 8 heteroatoms. The highest BCUT2D eigenvalue weighted by atomic mass is 127. The van der Waals surface area contributed by atoms with Gasteiger partial charge in [-0.3, -0.25) is 0 Å². The molecule has 0 atom stereocenters. The molecule has 0 saturated heterocycles. The molecule has 0 spiro atoms. The second-order valence-corrected chi connectivity index (χ2v) is 7.31. The molecule has 1 aliphatic rings. The smallest absolute Gasteiger partial charge is 0.231 e. The molecule has 0 unspecified atom stereocenters. The molecule has 0 aliphatic carbocycles. The fourth-order valence-corrected chi connectivity index (χ4v) is 3.78. The molecule has 0 bridgehead atoms. The van der Waals surface area contributed by atoms with Crippen molar-refractivity contribution in [1.82, 2.24) is 15.6 Å². The Hall–Kier alpha value is -1.55. The monoisotopic (exact) mass is 502 g/mol. The van der Waals surface area contributed by atoms with Crippen molar-refractivity contribution in [3.8, 4) is 11.5 Å². The molecule has 148 valence electrons. The first-order chi connectivity index (χ1) is 12.7. The van der Waals surface area contributed by atoms with Crippen molar-refractivity contribution in [3.63, 3.8) is 0 Å². The van der Waals surface area contributed by atoms with Gasteiger partial charge in [0, 0.05) is 24.4 Å². The summed E-state index contributed by atoms with van der Waals surface area (Å²) in [4.78, 5) is 10.7. The number of benzene rings is 1. The third-order valence-corrected chi connectivity index (χ3v) is 5.18. The van der Waals surface area contributed by atoms with E-state index in [-0.39, 0.29) is 24.0 Å². The lowest BCUT2D eigenvalue weighted by molar-refractivity contribution is 0.174. The quantitative estimate of drug-likeness (QED) is 0.344. The van der Waals surface area contributed by atoms with Crippen LogP contribution in [0.2, 0.25) is 0 Å². The minimum atomic E-state index is 0. The van der Waals surface area contributed by atoms with Crippen molar-refractivity contribution >= 4 is 41.3 Å². The highest BCUT2D eigenvalue weighted by Crippen LogP contribution is 2.32. The topological polar surface area (TPSA) is 67.8 Å². The number of aliphatic imine (C=N–C) groups is 1. The summed E-state index contributed by atoms with van der Waals surface area (Å²) in [6.45, 7) is 8.87. The highest BCUT2D eigenvalue weighted by molar-refractivity contribution is 14.0. The zero-order valence-corrected chi connectivity index (χ0v) is 19.1. The van der Waals surface area contributed by atoms with E-state index in [0.29, 0.717) is 13.3 Å². The summed E-state index contributed by atoms with van der Waals surface area (Å²) in [5, 5.41) is 7.85. The van der Waals surface area contributed by atoms with Gasteiger partial charge in [-0.05, 0) is 38.0 Å². The number of aromatic nitrogens is 1. The predicted octanol–water partition coefficient (Wildman–Crippen LogP) is 3.66. The van der Waals surface area contributed by atoms with Crippen molar-refractivity contribution in [2.45, 2.75) is 40.2 Å². The molecule has 27 heavy (non-hydrogen) atoms. The molecule has 1 aromatic carbocycles. The predicted molar refractivity (Wildman–Crippen MR) is 121 cm³/mol. The fourth-order valence-electron chi connectivity index (χ4n) is 2.76. The number of ether oxygens (including phenoxy) is 2. The van der Waals surface area contributed by atoms with E-state index in [0.717, 1.165) is 49.0 Å². The van der Waals surface area contributed by atoms with Crippen LogP contribution in [0.4, 0.5) is 0 Å². The third-order valence-electron chi connectivity index (χ3n) is 4.10. The number of nitrogens with zero attached hydrogens (tertiary/aromatic N) is 2. The van der Waals surface area contributed by atoms with Gasteiger partial charge in [-0.2, -0.15) is 0 Å². The first-order valence-corrected chi connectivity index (χ1v) is 9.87. The van der Waals surface area contributed by atoms with Gasteiger partial charge in [0.15, 0.2) is 17.5 Å². The lowest BCUT2D eigenvalue weighted by Gasteiger charge is -2.10.